The molecule has 1 aromatic carbocycles. The van der Waals surface area contributed by atoms with Gasteiger partial charge in [-0.1, -0.05) is 26.0 Å². The topological polar surface area (TPSA) is 52.1 Å². The van der Waals surface area contributed by atoms with E-state index in [9.17, 15) is 4.79 Å². The Morgan fingerprint density at radius 1 is 1.30 bits per heavy atom. The van der Waals surface area contributed by atoms with Crippen LogP contribution in [0.15, 0.2) is 36.5 Å². The molecule has 0 saturated carbocycles. The molecule has 0 unspecified atom stereocenters. The quantitative estimate of drug-likeness (QED) is 0.782. The Labute approximate surface area is 120 Å². The zero-order valence-corrected chi connectivity index (χ0v) is 11.9. The summed E-state index contributed by atoms with van der Waals surface area (Å²) in [5, 5.41) is 0. The molecule has 0 saturated heterocycles. The normalized spacial score (nSPS) is 11.8. The van der Waals surface area contributed by atoms with E-state index in [1.165, 1.54) is 6.92 Å². The van der Waals surface area contributed by atoms with Crippen molar-refractivity contribution in [1.82, 2.24) is 9.97 Å². The van der Waals surface area contributed by atoms with E-state index >= 15 is 0 Å². The van der Waals surface area contributed by atoms with Crippen LogP contribution in [-0.4, -0.2) is 15.8 Å². The third kappa shape index (κ3) is 3.63. The van der Waals surface area contributed by atoms with Crippen molar-refractivity contribution in [3.05, 3.63) is 53.6 Å². The zero-order chi connectivity index (χ0) is 15.5. The Morgan fingerprint density at radius 3 is 2.60 bits per heavy atom. The fraction of sp³-hybridized carbons (Fsp3) is 0.312. The van der Waals surface area contributed by atoms with Crippen LogP contribution >= 0.6 is 0 Å². The van der Waals surface area contributed by atoms with Crippen LogP contribution in [0.2, 0.25) is 0 Å². The van der Waals surface area contributed by atoms with Crippen molar-refractivity contribution in [2.45, 2.75) is 33.3 Å². The molecule has 0 aliphatic carbocycles. The molecule has 20 heavy (non-hydrogen) atoms. The maximum Gasteiger partial charge on any atom is 0.196 e. The van der Waals surface area contributed by atoms with Crippen molar-refractivity contribution in [3.63, 3.8) is 0 Å². The lowest BCUT2D eigenvalue weighted by atomic mass is 10.0. The first kappa shape index (κ1) is 12.8. The van der Waals surface area contributed by atoms with Gasteiger partial charge in [0.2, 0.25) is 0 Å². The van der Waals surface area contributed by atoms with Gasteiger partial charge in [-0.3, -0.25) is 4.79 Å². The summed E-state index contributed by atoms with van der Waals surface area (Å²) in [5.74, 6) is 0.106. The van der Waals surface area contributed by atoms with Gasteiger partial charge in [0.1, 0.15) is 12.4 Å². The number of hydrogen-bond donors (Lipinski definition) is 0. The van der Waals surface area contributed by atoms with E-state index in [4.69, 9.17) is 6.11 Å². The Kier molecular flexibility index (Phi) is 4.01. The van der Waals surface area contributed by atoms with E-state index < -0.39 is 5.89 Å². The SMILES string of the molecule is [2H]C(C)(C)c1ccc(OCc2ccnc(C(C)=O)n2)cc1. The van der Waals surface area contributed by atoms with Gasteiger partial charge in [-0.25, -0.2) is 9.97 Å². The standard InChI is InChI=1S/C16H18N2O2/c1-11(2)13-4-6-15(7-5-13)20-10-14-8-9-17-16(18-14)12(3)19/h4-9,11H,10H2,1-3H3/i11D. The summed E-state index contributed by atoms with van der Waals surface area (Å²) in [6.45, 7) is 5.38. The molecule has 1 heterocycles. The van der Waals surface area contributed by atoms with Crippen LogP contribution in [0.1, 0.15) is 49.9 Å². The highest BCUT2D eigenvalue weighted by Gasteiger charge is 2.05. The van der Waals surface area contributed by atoms with Crippen molar-refractivity contribution in [3.8, 4) is 5.75 Å². The number of carbonyl (C=O) groups is 1. The zero-order valence-electron chi connectivity index (χ0n) is 12.9. The fourth-order valence-electron chi connectivity index (χ4n) is 1.69. The maximum atomic E-state index is 11.2. The average Bonchev–Trinajstić information content (AvgIpc) is 2.45. The number of hydrogen-bond acceptors (Lipinski definition) is 4. The minimum atomic E-state index is -0.623. The van der Waals surface area contributed by atoms with Crippen LogP contribution in [0.5, 0.6) is 5.75 Å². The van der Waals surface area contributed by atoms with Crippen molar-refractivity contribution in [2.75, 3.05) is 0 Å². The summed E-state index contributed by atoms with van der Waals surface area (Å²) >= 11 is 0. The highest BCUT2D eigenvalue weighted by Crippen LogP contribution is 2.19. The molecule has 0 aliphatic heterocycles. The minimum absolute atomic E-state index is 0.168. The number of carbonyl (C=O) groups excluding carboxylic acids is 1. The van der Waals surface area contributed by atoms with Crippen LogP contribution in [-0.2, 0) is 6.61 Å². The maximum absolute atomic E-state index is 11.2. The molecule has 0 fully saturated rings. The summed E-state index contributed by atoms with van der Waals surface area (Å²) in [6, 6.07) is 9.14. The van der Waals surface area contributed by atoms with E-state index in [1.54, 1.807) is 12.3 Å². The number of benzene rings is 1. The molecule has 2 rings (SSSR count). The van der Waals surface area contributed by atoms with Crippen molar-refractivity contribution in [1.29, 1.82) is 0 Å². The summed E-state index contributed by atoms with van der Waals surface area (Å²) in [5.41, 5.74) is 1.58. The molecule has 1 aromatic heterocycles. The summed E-state index contributed by atoms with van der Waals surface area (Å²) < 4.78 is 13.6. The fourth-order valence-corrected chi connectivity index (χ4v) is 1.69. The van der Waals surface area contributed by atoms with E-state index in [0.29, 0.717) is 11.4 Å². The first-order valence-corrected chi connectivity index (χ1v) is 6.42. The van der Waals surface area contributed by atoms with Crippen molar-refractivity contribution in [2.24, 2.45) is 0 Å². The first-order valence-electron chi connectivity index (χ1n) is 6.92. The number of ether oxygens (including phenoxy) is 1. The second-order valence-corrected chi connectivity index (χ2v) is 4.74. The molecule has 0 bridgehead atoms. The highest BCUT2D eigenvalue weighted by molar-refractivity contribution is 5.90. The number of nitrogens with zero attached hydrogens (tertiary/aromatic N) is 2. The second kappa shape index (κ2) is 6.28. The van der Waals surface area contributed by atoms with Gasteiger partial charge in [0.25, 0.3) is 0 Å². The number of aromatic nitrogens is 2. The van der Waals surface area contributed by atoms with Gasteiger partial charge < -0.3 is 4.74 Å². The van der Waals surface area contributed by atoms with Crippen LogP contribution in [0, 0.1) is 0 Å². The third-order valence-electron chi connectivity index (χ3n) is 2.85. The lowest BCUT2D eigenvalue weighted by Crippen LogP contribution is -2.05. The molecule has 0 amide bonds. The average molecular weight is 271 g/mol. The van der Waals surface area contributed by atoms with Gasteiger partial charge in [0.15, 0.2) is 11.6 Å². The molecule has 4 heteroatoms. The number of Topliss-reactive ketones (excluding diaryl/α,β-unsaturated/α-hetero) is 1. The lowest BCUT2D eigenvalue weighted by molar-refractivity contribution is 0.100. The Hall–Kier alpha value is -2.23. The minimum Gasteiger partial charge on any atom is -0.487 e. The smallest absolute Gasteiger partial charge is 0.196 e. The molecule has 0 spiro atoms. The van der Waals surface area contributed by atoms with Gasteiger partial charge in [0.05, 0.1) is 5.69 Å². The van der Waals surface area contributed by atoms with Gasteiger partial charge >= 0.3 is 0 Å². The molecule has 0 aliphatic rings. The number of rotatable bonds is 5. The van der Waals surface area contributed by atoms with E-state index in [2.05, 4.69) is 9.97 Å². The van der Waals surface area contributed by atoms with E-state index in [1.807, 2.05) is 38.1 Å². The van der Waals surface area contributed by atoms with E-state index in [0.717, 1.165) is 5.56 Å². The van der Waals surface area contributed by atoms with Crippen LogP contribution in [0.25, 0.3) is 0 Å². The molecular formula is C16H18N2O2. The Bertz CT molecular complexity index is 633. The van der Waals surface area contributed by atoms with Gasteiger partial charge in [-0.2, -0.15) is 0 Å². The predicted molar refractivity (Wildman–Crippen MR) is 76.9 cm³/mol. The molecule has 104 valence electrons. The number of ketones is 1. The van der Waals surface area contributed by atoms with Gasteiger partial charge in [-0.15, -0.1) is 0 Å². The van der Waals surface area contributed by atoms with Crippen molar-refractivity contribution < 1.29 is 10.9 Å². The summed E-state index contributed by atoms with van der Waals surface area (Å²) in [6.07, 6.45) is 1.55. The molecular weight excluding hydrogens is 252 g/mol. The van der Waals surface area contributed by atoms with Crippen LogP contribution in [0.4, 0.5) is 0 Å². The van der Waals surface area contributed by atoms with Crippen LogP contribution in [0.3, 0.4) is 0 Å². The molecule has 2 aromatic rings. The van der Waals surface area contributed by atoms with E-state index in [-0.39, 0.29) is 18.2 Å². The van der Waals surface area contributed by atoms with Crippen molar-refractivity contribution >= 4 is 5.78 Å². The molecule has 4 nitrogen and oxygen atoms in total. The Morgan fingerprint density at radius 2 is 2.00 bits per heavy atom. The van der Waals surface area contributed by atoms with Gasteiger partial charge in [-0.05, 0) is 29.7 Å². The molecule has 0 radical (unpaired) electrons. The first-order chi connectivity index (χ1) is 9.86. The van der Waals surface area contributed by atoms with Crippen LogP contribution < -0.4 is 4.74 Å². The largest absolute Gasteiger partial charge is 0.487 e. The molecule has 0 N–H and O–H groups in total. The van der Waals surface area contributed by atoms with Gasteiger partial charge in [0, 0.05) is 14.5 Å². The predicted octanol–water partition coefficient (Wildman–Crippen LogP) is 3.38. The Balaban J connectivity index is 2.03. The highest BCUT2D eigenvalue weighted by atomic mass is 16.5. The monoisotopic (exact) mass is 271 g/mol. The lowest BCUT2D eigenvalue weighted by Gasteiger charge is -2.08. The summed E-state index contributed by atoms with van der Waals surface area (Å²) in [4.78, 5) is 19.2. The second-order valence-electron chi connectivity index (χ2n) is 4.74. The third-order valence-corrected chi connectivity index (χ3v) is 2.85. The summed E-state index contributed by atoms with van der Waals surface area (Å²) in [7, 11) is 0. The molecule has 0 atom stereocenters.